The maximum atomic E-state index is 9.31. The number of aliphatic hydroxyl groups excluding tert-OH is 1. The van der Waals surface area contributed by atoms with Crippen molar-refractivity contribution in [3.8, 4) is 0 Å². The highest BCUT2D eigenvalue weighted by Gasteiger charge is 2.44. The first-order chi connectivity index (χ1) is 6.68. The van der Waals surface area contributed by atoms with Crippen molar-refractivity contribution in [3.05, 3.63) is 20.8 Å². The number of hydrogen-bond acceptors (Lipinski definition) is 4. The topological polar surface area (TPSA) is 55.5 Å². The number of nitrogens with two attached hydrogens (primary N) is 1. The largest absolute Gasteiger partial charge is 0.396 e. The van der Waals surface area contributed by atoms with E-state index in [4.69, 9.17) is 10.5 Å². The summed E-state index contributed by atoms with van der Waals surface area (Å²) in [4.78, 5) is 1.09. The van der Waals surface area contributed by atoms with E-state index in [9.17, 15) is 5.11 Å². The molecule has 1 aromatic heterocycles. The van der Waals surface area contributed by atoms with Crippen molar-refractivity contribution < 1.29 is 9.84 Å². The monoisotopic (exact) mass is 277 g/mol. The van der Waals surface area contributed by atoms with Gasteiger partial charge in [-0.2, -0.15) is 0 Å². The van der Waals surface area contributed by atoms with Crippen LogP contribution >= 0.6 is 27.3 Å². The van der Waals surface area contributed by atoms with E-state index in [1.54, 1.807) is 11.3 Å². The maximum Gasteiger partial charge on any atom is 0.0602 e. The lowest BCUT2D eigenvalue weighted by molar-refractivity contribution is -0.150. The van der Waals surface area contributed by atoms with Gasteiger partial charge in [-0.05, 0) is 22.0 Å². The van der Waals surface area contributed by atoms with Crippen molar-refractivity contribution in [2.75, 3.05) is 19.8 Å². The van der Waals surface area contributed by atoms with Crippen LogP contribution < -0.4 is 5.73 Å². The zero-order valence-electron chi connectivity index (χ0n) is 7.57. The summed E-state index contributed by atoms with van der Waals surface area (Å²) in [6, 6.07) is 1.88. The van der Waals surface area contributed by atoms with Gasteiger partial charge in [0.25, 0.3) is 0 Å². The fraction of sp³-hybridized carbons (Fsp3) is 0.556. The second-order valence-corrected chi connectivity index (χ2v) is 5.52. The smallest absolute Gasteiger partial charge is 0.0602 e. The Bertz CT molecular complexity index is 319. The molecule has 0 amide bonds. The summed E-state index contributed by atoms with van der Waals surface area (Å²) < 4.78 is 6.17. The molecular weight excluding hydrogens is 266 g/mol. The van der Waals surface area contributed by atoms with Gasteiger partial charge >= 0.3 is 0 Å². The molecule has 0 aliphatic carbocycles. The number of aliphatic hydroxyl groups is 1. The maximum absolute atomic E-state index is 9.31. The third-order valence-corrected chi connectivity index (χ3v) is 4.42. The molecule has 2 rings (SSSR count). The summed E-state index contributed by atoms with van der Waals surface area (Å²) >= 11 is 5.00. The van der Waals surface area contributed by atoms with Gasteiger partial charge in [0.2, 0.25) is 0 Å². The Labute approximate surface area is 95.0 Å². The van der Waals surface area contributed by atoms with E-state index >= 15 is 0 Å². The quantitative estimate of drug-likeness (QED) is 0.881. The van der Waals surface area contributed by atoms with Crippen LogP contribution in [0.25, 0.3) is 0 Å². The predicted octanol–water partition coefficient (Wildman–Crippen LogP) is 1.52. The summed E-state index contributed by atoms with van der Waals surface area (Å²) in [5.41, 5.74) is 5.85. The van der Waals surface area contributed by atoms with Gasteiger partial charge in [-0.1, -0.05) is 0 Å². The molecule has 1 unspecified atom stereocenters. The summed E-state index contributed by atoms with van der Waals surface area (Å²) in [7, 11) is 0. The Morgan fingerprint density at radius 2 is 2.43 bits per heavy atom. The number of hydrogen-bond donors (Lipinski definition) is 2. The second-order valence-electron chi connectivity index (χ2n) is 3.66. The average molecular weight is 278 g/mol. The summed E-state index contributed by atoms with van der Waals surface area (Å²) in [6.45, 7) is 1.20. The first-order valence-corrected chi connectivity index (χ1v) is 6.03. The minimum absolute atomic E-state index is 0.0870. The summed E-state index contributed by atoms with van der Waals surface area (Å²) in [5.74, 6) is 0. The lowest BCUT2D eigenvalue weighted by Gasteiger charge is -2.43. The third-order valence-electron chi connectivity index (χ3n) is 2.65. The molecular formula is C9H12BrNO2S. The molecule has 1 aliphatic rings. The molecule has 0 saturated carbocycles. The molecule has 3 nitrogen and oxygen atoms in total. The molecule has 1 aliphatic heterocycles. The van der Waals surface area contributed by atoms with Gasteiger partial charge in [0.05, 0.1) is 31.3 Å². The molecule has 1 atom stereocenters. The Hall–Kier alpha value is 0.0600. The third kappa shape index (κ3) is 1.63. The minimum atomic E-state index is -0.260. The fourth-order valence-corrected chi connectivity index (χ4v) is 3.11. The van der Waals surface area contributed by atoms with Crippen molar-refractivity contribution in [2.24, 2.45) is 11.1 Å². The van der Waals surface area contributed by atoms with Gasteiger partial charge in [0, 0.05) is 14.7 Å². The molecule has 78 valence electrons. The highest BCUT2D eigenvalue weighted by atomic mass is 79.9. The van der Waals surface area contributed by atoms with Gasteiger partial charge in [-0.15, -0.1) is 11.3 Å². The van der Waals surface area contributed by atoms with Crippen LogP contribution in [0.1, 0.15) is 10.9 Å². The van der Waals surface area contributed by atoms with Gasteiger partial charge < -0.3 is 15.6 Å². The van der Waals surface area contributed by atoms with E-state index in [-0.39, 0.29) is 18.1 Å². The molecule has 14 heavy (non-hydrogen) atoms. The number of rotatable bonds is 3. The van der Waals surface area contributed by atoms with Gasteiger partial charge in [0.15, 0.2) is 0 Å². The van der Waals surface area contributed by atoms with Gasteiger partial charge in [-0.25, -0.2) is 0 Å². The summed E-state index contributed by atoms with van der Waals surface area (Å²) in [5, 5.41) is 11.3. The summed E-state index contributed by atoms with van der Waals surface area (Å²) in [6.07, 6.45) is 0. The van der Waals surface area contributed by atoms with Crippen LogP contribution in [0.4, 0.5) is 0 Å². The molecule has 2 heterocycles. The van der Waals surface area contributed by atoms with Crippen LogP contribution in [-0.2, 0) is 4.74 Å². The van der Waals surface area contributed by atoms with E-state index in [1.807, 2.05) is 11.4 Å². The molecule has 5 heteroatoms. The molecule has 0 spiro atoms. The Balaban J connectivity index is 2.18. The van der Waals surface area contributed by atoms with Crippen molar-refractivity contribution in [1.29, 1.82) is 0 Å². The molecule has 1 saturated heterocycles. The molecule has 0 bridgehead atoms. The van der Waals surface area contributed by atoms with E-state index in [2.05, 4.69) is 15.9 Å². The molecule has 1 fully saturated rings. The Morgan fingerprint density at radius 1 is 1.71 bits per heavy atom. The van der Waals surface area contributed by atoms with Crippen molar-refractivity contribution in [1.82, 2.24) is 0 Å². The second kappa shape index (κ2) is 3.90. The van der Waals surface area contributed by atoms with Crippen LogP contribution in [-0.4, -0.2) is 24.9 Å². The SMILES string of the molecule is NC(c1cc(Br)cs1)C1(CO)COC1. The first-order valence-electron chi connectivity index (χ1n) is 4.36. The van der Waals surface area contributed by atoms with Crippen LogP contribution in [0.2, 0.25) is 0 Å². The van der Waals surface area contributed by atoms with Crippen LogP contribution in [0.3, 0.4) is 0 Å². The van der Waals surface area contributed by atoms with Crippen molar-refractivity contribution >= 4 is 27.3 Å². The van der Waals surface area contributed by atoms with E-state index in [0.717, 1.165) is 9.35 Å². The normalized spacial score (nSPS) is 21.6. The number of ether oxygens (including phenoxy) is 1. The zero-order chi connectivity index (χ0) is 10.2. The van der Waals surface area contributed by atoms with Crippen LogP contribution in [0.5, 0.6) is 0 Å². The van der Waals surface area contributed by atoms with Gasteiger partial charge in [0.1, 0.15) is 0 Å². The Morgan fingerprint density at radius 3 is 2.79 bits per heavy atom. The number of halogens is 1. The predicted molar refractivity (Wildman–Crippen MR) is 59.3 cm³/mol. The minimum Gasteiger partial charge on any atom is -0.396 e. The Kier molecular flexibility index (Phi) is 2.95. The number of thiophene rings is 1. The molecule has 0 radical (unpaired) electrons. The van der Waals surface area contributed by atoms with E-state index in [0.29, 0.717) is 13.2 Å². The highest BCUT2D eigenvalue weighted by Crippen LogP contribution is 2.41. The van der Waals surface area contributed by atoms with E-state index < -0.39 is 0 Å². The fourth-order valence-electron chi connectivity index (χ4n) is 1.53. The standard InChI is InChI=1S/C9H12BrNO2S/c10-6-1-7(14-2-6)8(11)9(3-12)4-13-5-9/h1-2,8,12H,3-5,11H2. The van der Waals surface area contributed by atoms with Crippen LogP contribution in [0, 0.1) is 5.41 Å². The van der Waals surface area contributed by atoms with Crippen molar-refractivity contribution in [2.45, 2.75) is 6.04 Å². The molecule has 0 aromatic carbocycles. The van der Waals surface area contributed by atoms with E-state index in [1.165, 1.54) is 0 Å². The average Bonchev–Trinajstić information content (AvgIpc) is 2.50. The lowest BCUT2D eigenvalue weighted by Crippen LogP contribution is -2.52. The highest BCUT2D eigenvalue weighted by molar-refractivity contribution is 9.10. The van der Waals surface area contributed by atoms with Gasteiger partial charge in [-0.3, -0.25) is 0 Å². The molecule has 1 aromatic rings. The molecule has 3 N–H and O–H groups in total. The zero-order valence-corrected chi connectivity index (χ0v) is 9.97. The van der Waals surface area contributed by atoms with Crippen molar-refractivity contribution in [3.63, 3.8) is 0 Å². The first kappa shape index (κ1) is 10.6. The van der Waals surface area contributed by atoms with Crippen LogP contribution in [0.15, 0.2) is 15.9 Å². The lowest BCUT2D eigenvalue weighted by atomic mass is 9.79.